The van der Waals surface area contributed by atoms with Gasteiger partial charge in [-0.2, -0.15) is 0 Å². The van der Waals surface area contributed by atoms with E-state index in [1.54, 1.807) is 24.3 Å². The minimum Gasteiger partial charge on any atom is -1.00 e. The number of halogens is 2. The van der Waals surface area contributed by atoms with Crippen LogP contribution in [-0.2, 0) is 65.8 Å². The molecule has 68 heavy (non-hydrogen) atoms. The first-order chi connectivity index (χ1) is 30.8. The Hall–Kier alpha value is -5.85. The second-order valence-corrected chi connectivity index (χ2v) is 16.1. The Bertz CT molecular complexity index is 1880. The normalized spacial score (nSPS) is 11.5. The molecule has 3 amide bonds. The number of carbonyl (C=O) groups is 11. The van der Waals surface area contributed by atoms with Crippen LogP contribution >= 0.6 is 11.6 Å². The van der Waals surface area contributed by atoms with Crippen LogP contribution in [-0.4, -0.2) is 93.3 Å². The van der Waals surface area contributed by atoms with Crippen molar-refractivity contribution in [1.82, 2.24) is 16.0 Å². The summed E-state index contributed by atoms with van der Waals surface area (Å²) in [5, 5.41) is 15.7. The summed E-state index contributed by atoms with van der Waals surface area (Å²) in [5.41, 5.74) is 5.24. The number of alkyl carbamates (subject to hydrolysis) is 2. The highest BCUT2D eigenvalue weighted by atomic mass is 35.5. The second-order valence-electron chi connectivity index (χ2n) is 15.7. The number of nitrogens with one attached hydrogen (secondary N) is 3. The van der Waals surface area contributed by atoms with Crippen LogP contribution in [0.1, 0.15) is 132 Å². The van der Waals surface area contributed by atoms with Gasteiger partial charge in [0.05, 0.1) is 18.1 Å². The van der Waals surface area contributed by atoms with Gasteiger partial charge < -0.3 is 58.3 Å². The van der Waals surface area contributed by atoms with Gasteiger partial charge in [0.25, 0.3) is 0 Å². The van der Waals surface area contributed by atoms with Crippen molar-refractivity contribution in [3.05, 3.63) is 71.8 Å². The smallest absolute Gasteiger partial charge is 0.408 e. The van der Waals surface area contributed by atoms with Gasteiger partial charge in [0.15, 0.2) is 23.1 Å². The lowest BCUT2D eigenvalue weighted by Gasteiger charge is -2.18. The molecule has 0 aliphatic heterocycles. The molecule has 4 atom stereocenters. The van der Waals surface area contributed by atoms with E-state index in [0.717, 1.165) is 11.1 Å². The van der Waals surface area contributed by atoms with E-state index < -0.39 is 42.2 Å². The van der Waals surface area contributed by atoms with Gasteiger partial charge in [-0.15, -0.1) is 0 Å². The van der Waals surface area contributed by atoms with E-state index in [0.29, 0.717) is 25.2 Å². The summed E-state index contributed by atoms with van der Waals surface area (Å²) in [6.45, 7) is 12.5. The third-order valence-electron chi connectivity index (χ3n) is 8.90. The number of amides is 3. The number of aliphatic carboxylic acids is 1. The third-order valence-corrected chi connectivity index (χ3v) is 9.05. The van der Waals surface area contributed by atoms with Crippen LogP contribution in [0.5, 0.6) is 0 Å². The largest absolute Gasteiger partial charge is 1.00 e. The molecule has 0 spiro atoms. The molecule has 2 aromatic carbocycles. The van der Waals surface area contributed by atoms with Gasteiger partial charge in [-0.25, -0.2) is 9.59 Å². The average Bonchev–Trinajstić information content (AvgIpc) is 3.23. The summed E-state index contributed by atoms with van der Waals surface area (Å²) in [7, 11) is 0. The van der Waals surface area contributed by atoms with E-state index >= 15 is 0 Å². The van der Waals surface area contributed by atoms with Crippen molar-refractivity contribution in [2.24, 2.45) is 5.92 Å². The number of ketones is 6. The summed E-state index contributed by atoms with van der Waals surface area (Å²) < 4.78 is 10.1. The van der Waals surface area contributed by atoms with Crippen molar-refractivity contribution in [3.63, 3.8) is 0 Å². The fourth-order valence-electron chi connectivity index (χ4n) is 5.00. The zero-order valence-corrected chi connectivity index (χ0v) is 41.2. The molecule has 7 N–H and O–H groups in total. The monoisotopic (exact) mass is 998 g/mol. The van der Waals surface area contributed by atoms with Gasteiger partial charge >= 0.3 is 18.2 Å². The first-order valence-electron chi connectivity index (χ1n) is 21.3. The summed E-state index contributed by atoms with van der Waals surface area (Å²) in [5.74, 6) is -1.81. The Balaban J connectivity index is -0.000000452. The molecule has 0 saturated carbocycles. The summed E-state index contributed by atoms with van der Waals surface area (Å²) >= 11 is 5.03. The van der Waals surface area contributed by atoms with Crippen molar-refractivity contribution in [1.29, 1.82) is 0 Å². The fraction of sp³-hybridized carbons (Fsp3) is 0.521. The molecule has 382 valence electrons. The van der Waals surface area contributed by atoms with Crippen molar-refractivity contribution < 1.29 is 85.5 Å². The Morgan fingerprint density at radius 1 is 0.559 bits per heavy atom. The number of quaternary nitrogens is 1. The number of ether oxygens (including phenoxy) is 2. The predicted molar refractivity (Wildman–Crippen MR) is 251 cm³/mol. The van der Waals surface area contributed by atoms with E-state index in [4.69, 9.17) is 26.2 Å². The van der Waals surface area contributed by atoms with Crippen LogP contribution in [0.4, 0.5) is 9.59 Å². The number of hydrogen-bond acceptors (Lipinski definition) is 13. The molecule has 0 fully saturated rings. The standard InChI is InChI=1S/C21H28N2O6.C14H17NO5.C7H13NO2.C5H9ClO.CH4.ClH/c1-14(24)9-10-18(15(2)25)22-20(27)12-11-19(16(3)26)23-21(28)29-13-17-7-5-4-6-8-17;1-10(16)12(7-8-13(17)18)15-14(19)20-9-11-5-3-2-4-6-11;1-5(9)3-4-7(8)6(2)10;1-4(2)3-5(6)7;;/h4-8,18-19H,9-13H2,1-3H3,(H,22,27)(H,23,28);2-6,12H,7-9H2,1H3,(H,15,19)(H,17,18);7H,3-4,8H2,1-2H3;4H,3H2,1-2H3;1H4;1H/t18-,19-;12-;7-;;;/m000.../s1. The lowest BCUT2D eigenvalue weighted by molar-refractivity contribution is -0.403. The van der Waals surface area contributed by atoms with Gasteiger partial charge in [-0.1, -0.05) is 81.9 Å². The second kappa shape index (κ2) is 40.2. The van der Waals surface area contributed by atoms with Gasteiger partial charge in [-0.3, -0.25) is 33.6 Å². The number of carboxylic acid groups (broad SMARTS) is 1. The van der Waals surface area contributed by atoms with Crippen LogP contribution < -0.4 is 34.1 Å². The van der Waals surface area contributed by atoms with Gasteiger partial charge in [-0.05, 0) is 82.5 Å². The highest BCUT2D eigenvalue weighted by Gasteiger charge is 2.22. The molecular formula is C48H72Cl2N4O14. The van der Waals surface area contributed by atoms with Gasteiger partial charge in [0, 0.05) is 45.4 Å². The minimum absolute atomic E-state index is 0. The van der Waals surface area contributed by atoms with Crippen LogP contribution in [0, 0.1) is 5.92 Å². The molecule has 18 nitrogen and oxygen atoms in total. The maximum Gasteiger partial charge on any atom is 0.408 e. The van der Waals surface area contributed by atoms with Crippen molar-refractivity contribution in [3.8, 4) is 0 Å². The Kier molecular flexibility index (Phi) is 40.7. The highest BCUT2D eigenvalue weighted by Crippen LogP contribution is 2.07. The van der Waals surface area contributed by atoms with Crippen molar-refractivity contribution in [2.45, 2.75) is 158 Å². The first kappa shape index (κ1) is 68.7. The summed E-state index contributed by atoms with van der Waals surface area (Å²) in [6.07, 6.45) is 0.337. The number of carboxylic acids is 1. The summed E-state index contributed by atoms with van der Waals surface area (Å²) in [6, 6.07) is 15.5. The fourth-order valence-corrected chi connectivity index (χ4v) is 5.31. The zero-order chi connectivity index (χ0) is 50.8. The van der Waals surface area contributed by atoms with Crippen LogP contribution in [0.3, 0.4) is 0 Å². The molecule has 2 rings (SSSR count). The average molecular weight is 1000 g/mol. The number of rotatable bonds is 25. The molecule has 2 aromatic rings. The molecule has 20 heteroatoms. The quantitative estimate of drug-likeness (QED) is 0.0895. The number of benzene rings is 2. The topological polar surface area (TPSA) is 290 Å². The van der Waals surface area contributed by atoms with E-state index in [9.17, 15) is 52.7 Å². The van der Waals surface area contributed by atoms with E-state index in [-0.39, 0.29) is 118 Å². The van der Waals surface area contributed by atoms with Gasteiger partial charge in [0.2, 0.25) is 11.1 Å². The Morgan fingerprint density at radius 3 is 1.22 bits per heavy atom. The number of carbonyl (C=O) groups excluding carboxylic acids is 10. The predicted octanol–water partition coefficient (Wildman–Crippen LogP) is 2.82. The molecule has 0 unspecified atom stereocenters. The molecule has 0 bridgehead atoms. The van der Waals surface area contributed by atoms with Crippen LogP contribution in [0.2, 0.25) is 0 Å². The molecular weight excluding hydrogens is 927 g/mol. The Morgan fingerprint density at radius 2 is 0.912 bits per heavy atom. The van der Waals surface area contributed by atoms with Gasteiger partial charge in [0.1, 0.15) is 30.8 Å². The molecule has 0 aromatic heterocycles. The van der Waals surface area contributed by atoms with Crippen LogP contribution in [0.15, 0.2) is 60.7 Å². The molecule has 0 radical (unpaired) electrons. The van der Waals surface area contributed by atoms with E-state index in [2.05, 4.69) is 21.7 Å². The van der Waals surface area contributed by atoms with Crippen LogP contribution in [0.25, 0.3) is 0 Å². The zero-order valence-electron chi connectivity index (χ0n) is 39.7. The SMILES string of the molecule is C.CC(=O)CC[C@H](NC(=O)CC[C@H](NC(=O)OCc1ccccc1)C(C)=O)C(C)=O.CC(=O)CC[C@H]([NH3+])C(C)=O.CC(=O)[C@H](CCC(=O)O)NC(=O)OCc1ccccc1.CC(C)CC(=O)Cl.[Cl-]. The first-order valence-corrected chi connectivity index (χ1v) is 21.7. The molecule has 0 aliphatic rings. The number of Topliss-reactive ketones (excluding diaryl/α,β-unsaturated/α-hetero) is 6. The molecule has 0 heterocycles. The number of hydrogen-bond donors (Lipinski definition) is 5. The summed E-state index contributed by atoms with van der Waals surface area (Å²) in [4.78, 5) is 123. The van der Waals surface area contributed by atoms with E-state index in [1.807, 2.05) is 50.2 Å². The molecule has 0 aliphatic carbocycles. The minimum atomic E-state index is -1.02. The van der Waals surface area contributed by atoms with Crippen molar-refractivity contribution >= 4 is 75.6 Å². The lowest BCUT2D eigenvalue weighted by atomic mass is 10.0. The molecule has 0 saturated heterocycles. The lowest BCUT2D eigenvalue weighted by Crippen LogP contribution is -3.00. The maximum atomic E-state index is 12.1. The van der Waals surface area contributed by atoms with E-state index in [1.165, 1.54) is 41.5 Å². The maximum absolute atomic E-state index is 12.1. The Labute approximate surface area is 411 Å². The third kappa shape index (κ3) is 40.4. The highest BCUT2D eigenvalue weighted by molar-refractivity contribution is 6.63. The van der Waals surface area contributed by atoms with Crippen molar-refractivity contribution in [2.75, 3.05) is 0 Å².